The zero-order valence-corrected chi connectivity index (χ0v) is 11.2. The van der Waals surface area contributed by atoms with E-state index < -0.39 is 0 Å². The van der Waals surface area contributed by atoms with Crippen LogP contribution in [-0.4, -0.2) is 12.3 Å². The second kappa shape index (κ2) is 4.72. The summed E-state index contributed by atoms with van der Waals surface area (Å²) in [4.78, 5) is 0. The minimum absolute atomic E-state index is 0.366. The van der Waals surface area contributed by atoms with Crippen LogP contribution in [-0.2, 0) is 0 Å². The molecule has 1 heterocycles. The third-order valence-corrected chi connectivity index (χ3v) is 3.02. The average Bonchev–Trinajstić information content (AvgIpc) is 2.69. The molecule has 1 aromatic heterocycles. The van der Waals surface area contributed by atoms with Crippen molar-refractivity contribution in [3.05, 3.63) is 29.5 Å². The number of anilines is 1. The van der Waals surface area contributed by atoms with Gasteiger partial charge in [0, 0.05) is 5.56 Å². The fraction of sp³-hybridized carbons (Fsp3) is 0.357. The Morgan fingerprint density at radius 2 is 2.06 bits per heavy atom. The molecule has 0 aliphatic heterocycles. The number of nitrogens with two attached hydrogens (primary N) is 1. The molecule has 2 rings (SSSR count). The maximum absolute atomic E-state index is 5.94. The van der Waals surface area contributed by atoms with Crippen LogP contribution in [0.2, 0.25) is 0 Å². The maximum Gasteiger partial charge on any atom is 0.190 e. The zero-order chi connectivity index (χ0) is 13.3. The SMILES string of the molecule is COc1ccc(-c2onc(C)c2N)cc1C(C)C. The molecule has 0 fully saturated rings. The van der Waals surface area contributed by atoms with Gasteiger partial charge in [-0.2, -0.15) is 0 Å². The van der Waals surface area contributed by atoms with Gasteiger partial charge in [-0.25, -0.2) is 0 Å². The smallest absolute Gasteiger partial charge is 0.190 e. The maximum atomic E-state index is 5.94. The van der Waals surface area contributed by atoms with E-state index in [1.54, 1.807) is 7.11 Å². The van der Waals surface area contributed by atoms with Crippen molar-refractivity contribution in [3.8, 4) is 17.1 Å². The Labute approximate surface area is 107 Å². The van der Waals surface area contributed by atoms with Crippen LogP contribution in [0.3, 0.4) is 0 Å². The minimum Gasteiger partial charge on any atom is -0.496 e. The summed E-state index contributed by atoms with van der Waals surface area (Å²) in [6.07, 6.45) is 0. The van der Waals surface area contributed by atoms with Crippen LogP contribution in [0, 0.1) is 6.92 Å². The lowest BCUT2D eigenvalue weighted by Gasteiger charge is -2.12. The standard InChI is InChI=1S/C14H18N2O2/c1-8(2)11-7-10(5-6-12(11)17-4)14-13(15)9(3)16-18-14/h5-8H,15H2,1-4H3. The van der Waals surface area contributed by atoms with Crippen molar-refractivity contribution in [1.29, 1.82) is 0 Å². The first-order valence-corrected chi connectivity index (χ1v) is 5.94. The van der Waals surface area contributed by atoms with Gasteiger partial charge in [-0.1, -0.05) is 19.0 Å². The highest BCUT2D eigenvalue weighted by Crippen LogP contribution is 2.34. The van der Waals surface area contributed by atoms with Crippen molar-refractivity contribution in [1.82, 2.24) is 5.16 Å². The molecule has 96 valence electrons. The molecule has 0 saturated carbocycles. The monoisotopic (exact) mass is 246 g/mol. The second-order valence-corrected chi connectivity index (χ2v) is 4.62. The molecule has 2 aromatic rings. The number of ether oxygens (including phenoxy) is 1. The Hall–Kier alpha value is -1.97. The number of rotatable bonds is 3. The van der Waals surface area contributed by atoms with Crippen molar-refractivity contribution < 1.29 is 9.26 Å². The van der Waals surface area contributed by atoms with Gasteiger partial charge in [0.25, 0.3) is 0 Å². The van der Waals surface area contributed by atoms with Crippen LogP contribution in [0.4, 0.5) is 5.69 Å². The van der Waals surface area contributed by atoms with E-state index in [-0.39, 0.29) is 0 Å². The molecule has 0 spiro atoms. The quantitative estimate of drug-likeness (QED) is 0.902. The number of aromatic nitrogens is 1. The number of nitrogen functional groups attached to an aromatic ring is 1. The Balaban J connectivity index is 2.53. The highest BCUT2D eigenvalue weighted by Gasteiger charge is 2.15. The summed E-state index contributed by atoms with van der Waals surface area (Å²) in [5.74, 6) is 1.87. The molecular weight excluding hydrogens is 228 g/mol. The van der Waals surface area contributed by atoms with Gasteiger partial charge in [0.15, 0.2) is 5.76 Å². The van der Waals surface area contributed by atoms with E-state index in [0.717, 1.165) is 16.9 Å². The molecule has 1 aromatic carbocycles. The normalized spacial score (nSPS) is 10.9. The molecule has 0 atom stereocenters. The molecule has 0 aliphatic carbocycles. The summed E-state index contributed by atoms with van der Waals surface area (Å²) >= 11 is 0. The molecule has 0 saturated heterocycles. The Morgan fingerprint density at radius 3 is 2.56 bits per heavy atom. The van der Waals surface area contributed by atoms with E-state index in [9.17, 15) is 0 Å². The van der Waals surface area contributed by atoms with Crippen molar-refractivity contribution >= 4 is 5.69 Å². The van der Waals surface area contributed by atoms with Gasteiger partial charge < -0.3 is 15.0 Å². The Kier molecular flexibility index (Phi) is 3.28. The van der Waals surface area contributed by atoms with E-state index >= 15 is 0 Å². The summed E-state index contributed by atoms with van der Waals surface area (Å²) < 4.78 is 10.6. The molecule has 0 amide bonds. The van der Waals surface area contributed by atoms with E-state index in [2.05, 4.69) is 19.0 Å². The molecular formula is C14H18N2O2. The fourth-order valence-electron chi connectivity index (χ4n) is 1.91. The van der Waals surface area contributed by atoms with Crippen LogP contribution in [0.15, 0.2) is 22.7 Å². The van der Waals surface area contributed by atoms with E-state index in [1.807, 2.05) is 25.1 Å². The van der Waals surface area contributed by atoms with Crippen LogP contribution in [0.25, 0.3) is 11.3 Å². The van der Waals surface area contributed by atoms with E-state index in [1.165, 1.54) is 0 Å². The molecule has 0 radical (unpaired) electrons. The predicted octanol–water partition coefficient (Wildman–Crippen LogP) is 3.36. The summed E-state index contributed by atoms with van der Waals surface area (Å²) in [6.45, 7) is 6.07. The fourth-order valence-corrected chi connectivity index (χ4v) is 1.91. The highest BCUT2D eigenvalue weighted by molar-refractivity contribution is 5.73. The number of aryl methyl sites for hydroxylation is 1. The highest BCUT2D eigenvalue weighted by atomic mass is 16.5. The lowest BCUT2D eigenvalue weighted by atomic mass is 9.98. The van der Waals surface area contributed by atoms with Crippen LogP contribution in [0.5, 0.6) is 5.75 Å². The molecule has 18 heavy (non-hydrogen) atoms. The van der Waals surface area contributed by atoms with E-state index in [4.69, 9.17) is 15.0 Å². The molecule has 4 nitrogen and oxygen atoms in total. The van der Waals surface area contributed by atoms with E-state index in [0.29, 0.717) is 23.1 Å². The largest absolute Gasteiger partial charge is 0.496 e. The number of benzene rings is 1. The van der Waals surface area contributed by atoms with Gasteiger partial charge >= 0.3 is 0 Å². The summed E-state index contributed by atoms with van der Waals surface area (Å²) in [6, 6.07) is 5.91. The molecule has 4 heteroatoms. The number of hydrogen-bond acceptors (Lipinski definition) is 4. The van der Waals surface area contributed by atoms with Crippen LogP contribution in [0.1, 0.15) is 31.0 Å². The van der Waals surface area contributed by atoms with Crippen molar-refractivity contribution in [2.24, 2.45) is 0 Å². The molecule has 0 unspecified atom stereocenters. The molecule has 2 N–H and O–H groups in total. The number of hydrogen-bond donors (Lipinski definition) is 1. The predicted molar refractivity (Wildman–Crippen MR) is 71.7 cm³/mol. The van der Waals surface area contributed by atoms with Crippen LogP contribution < -0.4 is 10.5 Å². The van der Waals surface area contributed by atoms with Gasteiger partial charge in [0.2, 0.25) is 0 Å². The third kappa shape index (κ3) is 2.06. The minimum atomic E-state index is 0.366. The first kappa shape index (κ1) is 12.5. The van der Waals surface area contributed by atoms with Crippen molar-refractivity contribution in [2.75, 3.05) is 12.8 Å². The number of nitrogens with zero attached hydrogens (tertiary/aromatic N) is 1. The van der Waals surface area contributed by atoms with Crippen molar-refractivity contribution in [3.63, 3.8) is 0 Å². The Morgan fingerprint density at radius 1 is 1.33 bits per heavy atom. The van der Waals surface area contributed by atoms with Gasteiger partial charge in [-0.3, -0.25) is 0 Å². The summed E-state index contributed by atoms with van der Waals surface area (Å²) in [5.41, 5.74) is 9.31. The first-order valence-electron chi connectivity index (χ1n) is 5.94. The lowest BCUT2D eigenvalue weighted by molar-refractivity contribution is 0.407. The molecule has 0 aliphatic rings. The van der Waals surface area contributed by atoms with Gasteiger partial charge in [0.05, 0.1) is 7.11 Å². The van der Waals surface area contributed by atoms with Crippen LogP contribution >= 0.6 is 0 Å². The Bertz CT molecular complexity index is 559. The second-order valence-electron chi connectivity index (χ2n) is 4.62. The zero-order valence-electron chi connectivity index (χ0n) is 11.2. The van der Waals surface area contributed by atoms with Gasteiger partial charge in [-0.05, 0) is 36.6 Å². The van der Waals surface area contributed by atoms with Gasteiger partial charge in [-0.15, -0.1) is 0 Å². The first-order chi connectivity index (χ1) is 8.54. The molecule has 0 bridgehead atoms. The third-order valence-electron chi connectivity index (χ3n) is 3.02. The summed E-state index contributed by atoms with van der Waals surface area (Å²) in [7, 11) is 1.67. The average molecular weight is 246 g/mol. The van der Waals surface area contributed by atoms with Crippen molar-refractivity contribution in [2.45, 2.75) is 26.7 Å². The lowest BCUT2D eigenvalue weighted by Crippen LogP contribution is -1.95. The summed E-state index contributed by atoms with van der Waals surface area (Å²) in [5, 5.41) is 3.88. The number of methoxy groups -OCH3 is 1. The topological polar surface area (TPSA) is 61.3 Å². The van der Waals surface area contributed by atoms with Gasteiger partial charge in [0.1, 0.15) is 17.1 Å².